The van der Waals surface area contributed by atoms with Crippen molar-refractivity contribution in [3.05, 3.63) is 0 Å². The molecule has 4 nitrogen and oxygen atoms in total. The van der Waals surface area contributed by atoms with Gasteiger partial charge in [0.2, 0.25) is 0 Å². The molecule has 2 aliphatic rings. The second-order valence-electron chi connectivity index (χ2n) is 7.07. The van der Waals surface area contributed by atoms with Crippen molar-refractivity contribution in [3.63, 3.8) is 0 Å². The highest BCUT2D eigenvalue weighted by Gasteiger charge is 2.19. The van der Waals surface area contributed by atoms with Crippen molar-refractivity contribution in [2.45, 2.75) is 32.7 Å². The van der Waals surface area contributed by atoms with Gasteiger partial charge >= 0.3 is 0 Å². The number of rotatable bonds is 6. The maximum atomic E-state index is 3.77. The van der Waals surface area contributed by atoms with Gasteiger partial charge in [-0.05, 0) is 38.9 Å². The zero-order valence-corrected chi connectivity index (χ0v) is 13.8. The number of hydrogen-bond donors (Lipinski definition) is 1. The average Bonchev–Trinajstić information content (AvgIpc) is 2.42. The summed E-state index contributed by atoms with van der Waals surface area (Å²) in [7, 11) is 2.22. The number of likely N-dealkylation sites (tertiary alicyclic amines) is 1. The number of likely N-dealkylation sites (N-methyl/N-ethyl adjacent to an activating group) is 1. The summed E-state index contributed by atoms with van der Waals surface area (Å²) in [6.07, 6.45) is 2.66. The van der Waals surface area contributed by atoms with E-state index in [1.807, 2.05) is 0 Å². The molecule has 0 bridgehead atoms. The predicted molar refractivity (Wildman–Crippen MR) is 86.2 cm³/mol. The molecular formula is C16H34N4. The van der Waals surface area contributed by atoms with Crippen molar-refractivity contribution in [3.8, 4) is 0 Å². The summed E-state index contributed by atoms with van der Waals surface area (Å²) in [4.78, 5) is 7.65. The fourth-order valence-corrected chi connectivity index (χ4v) is 3.33. The molecule has 0 atom stereocenters. The minimum Gasteiger partial charge on any atom is -0.313 e. The summed E-state index contributed by atoms with van der Waals surface area (Å²) in [5, 5.41) is 3.77. The molecule has 118 valence electrons. The Hall–Kier alpha value is -0.160. The van der Waals surface area contributed by atoms with Crippen LogP contribution in [0.4, 0.5) is 0 Å². The first-order valence-corrected chi connectivity index (χ1v) is 8.50. The lowest BCUT2D eigenvalue weighted by Crippen LogP contribution is -2.48. The van der Waals surface area contributed by atoms with Crippen LogP contribution in [0.3, 0.4) is 0 Å². The molecule has 0 saturated carbocycles. The van der Waals surface area contributed by atoms with Gasteiger partial charge in [0.05, 0.1) is 0 Å². The Morgan fingerprint density at radius 1 is 0.950 bits per heavy atom. The normalized spacial score (nSPS) is 24.6. The van der Waals surface area contributed by atoms with E-state index >= 15 is 0 Å². The Bertz CT molecular complexity index is 253. The molecular weight excluding hydrogens is 248 g/mol. The topological polar surface area (TPSA) is 21.8 Å². The highest BCUT2D eigenvalue weighted by Crippen LogP contribution is 2.11. The Kier molecular flexibility index (Phi) is 6.75. The van der Waals surface area contributed by atoms with Gasteiger partial charge in [0.15, 0.2) is 0 Å². The smallest absolute Gasteiger partial charge is 0.0110 e. The van der Waals surface area contributed by atoms with Gasteiger partial charge in [-0.2, -0.15) is 0 Å². The molecule has 2 saturated heterocycles. The molecule has 0 unspecified atom stereocenters. The summed E-state index contributed by atoms with van der Waals surface area (Å²) in [5.74, 6) is 0.803. The molecule has 0 aromatic rings. The third-order valence-corrected chi connectivity index (χ3v) is 4.67. The van der Waals surface area contributed by atoms with E-state index in [4.69, 9.17) is 0 Å². The Labute approximate surface area is 125 Å². The van der Waals surface area contributed by atoms with Crippen molar-refractivity contribution in [1.82, 2.24) is 20.0 Å². The molecule has 20 heavy (non-hydrogen) atoms. The highest BCUT2D eigenvalue weighted by atomic mass is 15.2. The summed E-state index contributed by atoms with van der Waals surface area (Å²) in [6, 6.07) is 0.755. The van der Waals surface area contributed by atoms with Crippen LogP contribution in [0.25, 0.3) is 0 Å². The molecule has 2 aliphatic heterocycles. The quantitative estimate of drug-likeness (QED) is 0.783. The van der Waals surface area contributed by atoms with Gasteiger partial charge in [-0.25, -0.2) is 0 Å². The van der Waals surface area contributed by atoms with Crippen LogP contribution in [-0.2, 0) is 0 Å². The maximum Gasteiger partial charge on any atom is 0.0110 e. The predicted octanol–water partition coefficient (Wildman–Crippen LogP) is 0.944. The minimum atomic E-state index is 0.755. The van der Waals surface area contributed by atoms with Crippen molar-refractivity contribution in [1.29, 1.82) is 0 Å². The molecule has 0 amide bonds. The van der Waals surface area contributed by atoms with Gasteiger partial charge in [0.1, 0.15) is 0 Å². The van der Waals surface area contributed by atoms with Crippen LogP contribution in [0, 0.1) is 5.92 Å². The first kappa shape index (κ1) is 16.2. The molecule has 0 spiro atoms. The van der Waals surface area contributed by atoms with Crippen LogP contribution in [-0.4, -0.2) is 86.7 Å². The lowest BCUT2D eigenvalue weighted by molar-refractivity contribution is 0.147. The van der Waals surface area contributed by atoms with Gasteiger partial charge in [-0.1, -0.05) is 13.8 Å². The molecule has 0 aromatic heterocycles. The largest absolute Gasteiger partial charge is 0.313 e. The Balaban J connectivity index is 1.53. The van der Waals surface area contributed by atoms with E-state index in [1.165, 1.54) is 71.7 Å². The first-order valence-electron chi connectivity index (χ1n) is 8.50. The Morgan fingerprint density at radius 3 is 2.20 bits per heavy atom. The summed E-state index contributed by atoms with van der Waals surface area (Å²) in [5.41, 5.74) is 0. The van der Waals surface area contributed by atoms with E-state index in [2.05, 4.69) is 40.9 Å². The highest BCUT2D eigenvalue weighted by molar-refractivity contribution is 4.78. The first-order chi connectivity index (χ1) is 9.63. The van der Waals surface area contributed by atoms with Crippen molar-refractivity contribution in [2.24, 2.45) is 5.92 Å². The fraction of sp³-hybridized carbons (Fsp3) is 1.00. The number of piperidine rings is 1. The van der Waals surface area contributed by atoms with Gasteiger partial charge < -0.3 is 15.1 Å². The van der Waals surface area contributed by atoms with Gasteiger partial charge in [-0.15, -0.1) is 0 Å². The summed E-state index contributed by atoms with van der Waals surface area (Å²) >= 11 is 0. The second-order valence-corrected chi connectivity index (χ2v) is 7.07. The monoisotopic (exact) mass is 282 g/mol. The van der Waals surface area contributed by atoms with Gasteiger partial charge in [-0.3, -0.25) is 4.90 Å². The van der Waals surface area contributed by atoms with E-state index in [-0.39, 0.29) is 0 Å². The summed E-state index contributed by atoms with van der Waals surface area (Å²) in [6.45, 7) is 15.8. The molecule has 0 aliphatic carbocycles. The van der Waals surface area contributed by atoms with Crippen molar-refractivity contribution >= 4 is 0 Å². The van der Waals surface area contributed by atoms with E-state index in [0.717, 1.165) is 12.0 Å². The van der Waals surface area contributed by atoms with Crippen molar-refractivity contribution in [2.75, 3.05) is 66.0 Å². The summed E-state index contributed by atoms with van der Waals surface area (Å²) < 4.78 is 0. The molecule has 4 heteroatoms. The van der Waals surface area contributed by atoms with Crippen LogP contribution in [0.1, 0.15) is 26.7 Å². The maximum absolute atomic E-state index is 3.77. The second kappa shape index (κ2) is 8.32. The minimum absolute atomic E-state index is 0.755. The van der Waals surface area contributed by atoms with Crippen molar-refractivity contribution < 1.29 is 0 Å². The average molecular weight is 282 g/mol. The third kappa shape index (κ3) is 5.68. The molecule has 2 rings (SSSR count). The van der Waals surface area contributed by atoms with E-state index in [9.17, 15) is 0 Å². The molecule has 2 heterocycles. The zero-order valence-electron chi connectivity index (χ0n) is 13.8. The SMILES string of the molecule is CC(C)CN1CCC(NCCN2CCN(C)CC2)CC1. The van der Waals surface area contributed by atoms with Crippen LogP contribution in [0.15, 0.2) is 0 Å². The molecule has 1 N–H and O–H groups in total. The van der Waals surface area contributed by atoms with Crippen LogP contribution in [0.2, 0.25) is 0 Å². The van der Waals surface area contributed by atoms with E-state index < -0.39 is 0 Å². The number of hydrogen-bond acceptors (Lipinski definition) is 4. The lowest BCUT2D eigenvalue weighted by atomic mass is 10.0. The molecule has 0 radical (unpaired) electrons. The number of piperazine rings is 1. The van der Waals surface area contributed by atoms with Crippen LogP contribution >= 0.6 is 0 Å². The van der Waals surface area contributed by atoms with E-state index in [0.29, 0.717) is 0 Å². The van der Waals surface area contributed by atoms with Crippen LogP contribution in [0.5, 0.6) is 0 Å². The van der Waals surface area contributed by atoms with Crippen LogP contribution < -0.4 is 5.32 Å². The third-order valence-electron chi connectivity index (χ3n) is 4.67. The number of nitrogens with one attached hydrogen (secondary N) is 1. The van der Waals surface area contributed by atoms with Gasteiger partial charge in [0.25, 0.3) is 0 Å². The fourth-order valence-electron chi connectivity index (χ4n) is 3.33. The number of nitrogens with zero attached hydrogens (tertiary/aromatic N) is 3. The standard InChI is InChI=1S/C16H34N4/c1-15(2)14-20-7-4-16(5-8-20)17-6-9-19-12-10-18(3)11-13-19/h15-17H,4-14H2,1-3H3. The Morgan fingerprint density at radius 2 is 1.60 bits per heavy atom. The molecule has 0 aromatic carbocycles. The van der Waals surface area contributed by atoms with Gasteiger partial charge in [0, 0.05) is 51.9 Å². The lowest BCUT2D eigenvalue weighted by Gasteiger charge is -2.35. The zero-order chi connectivity index (χ0) is 14.4. The molecule has 2 fully saturated rings. The van der Waals surface area contributed by atoms with E-state index in [1.54, 1.807) is 0 Å².